The minimum atomic E-state index is -0.543. The van der Waals surface area contributed by atoms with Gasteiger partial charge in [-0.05, 0) is 30.7 Å². The predicted octanol–water partition coefficient (Wildman–Crippen LogP) is 1.43. The van der Waals surface area contributed by atoms with E-state index < -0.39 is 11.6 Å². The molecule has 0 spiro atoms. The molecular formula is C12H14F2N4. The Labute approximate surface area is 104 Å². The predicted molar refractivity (Wildman–Crippen MR) is 62.8 cm³/mol. The van der Waals surface area contributed by atoms with Crippen LogP contribution in [0.4, 0.5) is 8.78 Å². The van der Waals surface area contributed by atoms with Crippen molar-refractivity contribution in [3.63, 3.8) is 0 Å². The standard InChI is InChI=1S/C12H14F2N4/c1-18-8-12(16-17-18)7-15-3-2-9-4-10(13)6-11(14)5-9/h4-6,8,15H,2-3,7H2,1H3. The van der Waals surface area contributed by atoms with E-state index in [9.17, 15) is 8.78 Å². The van der Waals surface area contributed by atoms with E-state index in [2.05, 4.69) is 15.6 Å². The van der Waals surface area contributed by atoms with Crippen molar-refractivity contribution in [2.75, 3.05) is 6.54 Å². The van der Waals surface area contributed by atoms with Crippen molar-refractivity contribution < 1.29 is 8.78 Å². The fourth-order valence-electron chi connectivity index (χ4n) is 1.68. The summed E-state index contributed by atoms with van der Waals surface area (Å²) in [6.07, 6.45) is 2.38. The van der Waals surface area contributed by atoms with E-state index in [1.54, 1.807) is 11.7 Å². The number of hydrogen-bond donors (Lipinski definition) is 1. The van der Waals surface area contributed by atoms with Crippen molar-refractivity contribution in [3.8, 4) is 0 Å². The highest BCUT2D eigenvalue weighted by molar-refractivity contribution is 5.18. The number of nitrogens with zero attached hydrogens (tertiary/aromatic N) is 3. The first kappa shape index (κ1) is 12.6. The largest absolute Gasteiger partial charge is 0.311 e. The fraction of sp³-hybridized carbons (Fsp3) is 0.333. The van der Waals surface area contributed by atoms with E-state index in [0.717, 1.165) is 11.8 Å². The third kappa shape index (κ3) is 3.59. The van der Waals surface area contributed by atoms with Gasteiger partial charge in [0.15, 0.2) is 0 Å². The summed E-state index contributed by atoms with van der Waals surface area (Å²) in [4.78, 5) is 0. The lowest BCUT2D eigenvalue weighted by Crippen LogP contribution is -2.17. The molecule has 6 heteroatoms. The summed E-state index contributed by atoms with van der Waals surface area (Å²) < 4.78 is 27.5. The van der Waals surface area contributed by atoms with Crippen molar-refractivity contribution in [2.24, 2.45) is 7.05 Å². The molecule has 18 heavy (non-hydrogen) atoms. The number of nitrogens with one attached hydrogen (secondary N) is 1. The molecule has 96 valence electrons. The first-order valence-electron chi connectivity index (χ1n) is 5.64. The maximum absolute atomic E-state index is 12.9. The summed E-state index contributed by atoms with van der Waals surface area (Å²) in [5.41, 5.74) is 1.47. The van der Waals surface area contributed by atoms with Gasteiger partial charge >= 0.3 is 0 Å². The third-order valence-electron chi connectivity index (χ3n) is 2.47. The van der Waals surface area contributed by atoms with Gasteiger partial charge in [0.1, 0.15) is 11.6 Å². The molecule has 1 aromatic carbocycles. The molecule has 0 saturated heterocycles. The van der Waals surface area contributed by atoms with Crippen LogP contribution >= 0.6 is 0 Å². The van der Waals surface area contributed by atoms with Gasteiger partial charge in [-0.3, -0.25) is 4.68 Å². The van der Waals surface area contributed by atoms with Crippen LogP contribution in [0.3, 0.4) is 0 Å². The summed E-state index contributed by atoms with van der Waals surface area (Å²) in [6.45, 7) is 1.21. The summed E-state index contributed by atoms with van der Waals surface area (Å²) in [5, 5.41) is 10.9. The SMILES string of the molecule is Cn1cc(CNCCc2cc(F)cc(F)c2)nn1. The number of hydrogen-bond acceptors (Lipinski definition) is 3. The van der Waals surface area contributed by atoms with Crippen LogP contribution in [0.2, 0.25) is 0 Å². The quantitative estimate of drug-likeness (QED) is 0.818. The van der Waals surface area contributed by atoms with Crippen molar-refractivity contribution in [1.29, 1.82) is 0 Å². The van der Waals surface area contributed by atoms with Crippen LogP contribution in [0.25, 0.3) is 0 Å². The van der Waals surface area contributed by atoms with Gasteiger partial charge in [0.25, 0.3) is 0 Å². The lowest BCUT2D eigenvalue weighted by Gasteiger charge is -2.03. The zero-order valence-electron chi connectivity index (χ0n) is 10.0. The van der Waals surface area contributed by atoms with Crippen LogP contribution in [0.15, 0.2) is 24.4 Å². The fourth-order valence-corrected chi connectivity index (χ4v) is 1.68. The summed E-state index contributed by atoms with van der Waals surface area (Å²) in [6, 6.07) is 3.55. The second kappa shape index (κ2) is 5.68. The van der Waals surface area contributed by atoms with Crippen LogP contribution < -0.4 is 5.32 Å². The van der Waals surface area contributed by atoms with E-state index in [-0.39, 0.29) is 0 Å². The molecule has 0 aliphatic carbocycles. The van der Waals surface area contributed by atoms with E-state index in [1.807, 2.05) is 6.20 Å². The molecule has 1 heterocycles. The molecule has 0 radical (unpaired) electrons. The number of aromatic nitrogens is 3. The van der Waals surface area contributed by atoms with E-state index in [1.165, 1.54) is 12.1 Å². The van der Waals surface area contributed by atoms with Gasteiger partial charge in [-0.1, -0.05) is 5.21 Å². The first-order chi connectivity index (χ1) is 8.63. The van der Waals surface area contributed by atoms with Crippen LogP contribution in [0, 0.1) is 11.6 Å². The van der Waals surface area contributed by atoms with Crippen molar-refractivity contribution >= 4 is 0 Å². The van der Waals surface area contributed by atoms with Gasteiger partial charge in [-0.2, -0.15) is 0 Å². The van der Waals surface area contributed by atoms with Crippen LogP contribution in [-0.2, 0) is 20.0 Å². The van der Waals surface area contributed by atoms with Crippen LogP contribution in [-0.4, -0.2) is 21.5 Å². The molecular weight excluding hydrogens is 238 g/mol. The number of benzene rings is 1. The highest BCUT2D eigenvalue weighted by Gasteiger charge is 2.01. The molecule has 2 rings (SSSR count). The Kier molecular flexibility index (Phi) is 3.99. The highest BCUT2D eigenvalue weighted by Crippen LogP contribution is 2.08. The lowest BCUT2D eigenvalue weighted by atomic mass is 10.1. The Morgan fingerprint density at radius 2 is 1.94 bits per heavy atom. The summed E-state index contributed by atoms with van der Waals surface area (Å²) >= 11 is 0. The molecule has 1 aromatic heterocycles. The Hall–Kier alpha value is -1.82. The van der Waals surface area contributed by atoms with Gasteiger partial charge in [0.2, 0.25) is 0 Å². The number of halogens is 2. The van der Waals surface area contributed by atoms with Gasteiger partial charge in [-0.15, -0.1) is 5.10 Å². The van der Waals surface area contributed by atoms with Gasteiger partial charge in [0.05, 0.1) is 5.69 Å². The van der Waals surface area contributed by atoms with Gasteiger partial charge in [0, 0.05) is 25.9 Å². The average molecular weight is 252 g/mol. The number of rotatable bonds is 5. The minimum Gasteiger partial charge on any atom is -0.311 e. The summed E-state index contributed by atoms with van der Waals surface area (Å²) in [7, 11) is 1.80. The monoisotopic (exact) mass is 252 g/mol. The Morgan fingerprint density at radius 3 is 2.56 bits per heavy atom. The highest BCUT2D eigenvalue weighted by atomic mass is 19.1. The molecule has 0 saturated carbocycles. The van der Waals surface area contributed by atoms with Gasteiger partial charge < -0.3 is 5.32 Å². The van der Waals surface area contributed by atoms with E-state index in [4.69, 9.17) is 0 Å². The average Bonchev–Trinajstić information content (AvgIpc) is 2.69. The smallest absolute Gasteiger partial charge is 0.126 e. The topological polar surface area (TPSA) is 42.7 Å². The maximum atomic E-state index is 12.9. The Morgan fingerprint density at radius 1 is 1.22 bits per heavy atom. The molecule has 0 atom stereocenters. The molecule has 0 unspecified atom stereocenters. The third-order valence-corrected chi connectivity index (χ3v) is 2.47. The van der Waals surface area contributed by atoms with Crippen molar-refractivity contribution in [2.45, 2.75) is 13.0 Å². The molecule has 0 aliphatic heterocycles. The normalized spacial score (nSPS) is 10.8. The first-order valence-corrected chi connectivity index (χ1v) is 5.64. The molecule has 1 N–H and O–H groups in total. The zero-order chi connectivity index (χ0) is 13.0. The second-order valence-electron chi connectivity index (χ2n) is 4.09. The van der Waals surface area contributed by atoms with Crippen molar-refractivity contribution in [3.05, 3.63) is 47.3 Å². The van der Waals surface area contributed by atoms with E-state index in [0.29, 0.717) is 25.1 Å². The Bertz CT molecular complexity index is 504. The number of aryl methyl sites for hydroxylation is 1. The summed E-state index contributed by atoms with van der Waals surface area (Å²) in [5.74, 6) is -1.09. The van der Waals surface area contributed by atoms with Gasteiger partial charge in [-0.25, -0.2) is 8.78 Å². The van der Waals surface area contributed by atoms with Crippen LogP contribution in [0.1, 0.15) is 11.3 Å². The molecule has 0 amide bonds. The maximum Gasteiger partial charge on any atom is 0.126 e. The molecule has 0 bridgehead atoms. The minimum absolute atomic E-state index is 0.543. The van der Waals surface area contributed by atoms with Crippen molar-refractivity contribution in [1.82, 2.24) is 20.3 Å². The Balaban J connectivity index is 1.78. The molecule has 4 nitrogen and oxygen atoms in total. The van der Waals surface area contributed by atoms with Crippen LogP contribution in [0.5, 0.6) is 0 Å². The van der Waals surface area contributed by atoms with E-state index >= 15 is 0 Å². The molecule has 0 fully saturated rings. The lowest BCUT2D eigenvalue weighted by molar-refractivity contribution is 0.577. The zero-order valence-corrected chi connectivity index (χ0v) is 10.0. The molecule has 2 aromatic rings. The molecule has 0 aliphatic rings. The second-order valence-corrected chi connectivity index (χ2v) is 4.09.